The quantitative estimate of drug-likeness (QED) is 0.666. The van der Waals surface area contributed by atoms with Gasteiger partial charge in [0, 0.05) is 28.9 Å². The zero-order chi connectivity index (χ0) is 18.9. The van der Waals surface area contributed by atoms with Crippen LogP contribution in [0.2, 0.25) is 0 Å². The minimum Gasteiger partial charge on any atom is -0.488 e. The molecule has 0 N–H and O–H groups in total. The lowest BCUT2D eigenvalue weighted by Crippen LogP contribution is -2.56. The summed E-state index contributed by atoms with van der Waals surface area (Å²) >= 11 is 1.46. The lowest BCUT2D eigenvalue weighted by Gasteiger charge is -2.37. The van der Waals surface area contributed by atoms with Crippen LogP contribution in [0.25, 0.3) is 0 Å². The van der Waals surface area contributed by atoms with Gasteiger partial charge >= 0.3 is 0 Å². The molecule has 0 aliphatic carbocycles. The third-order valence-corrected chi connectivity index (χ3v) is 6.85. The first-order valence-electron chi connectivity index (χ1n) is 8.34. The average molecular weight is 396 g/mol. The number of Topliss-reactive ketones (excluding diaryl/α,β-unsaturated/α-hetero) is 1. The number of rotatable bonds is 7. The summed E-state index contributed by atoms with van der Waals surface area (Å²) in [6.45, 7) is 5.98. The van der Waals surface area contributed by atoms with Gasteiger partial charge in [0.15, 0.2) is 5.78 Å². The molecule has 3 heterocycles. The van der Waals surface area contributed by atoms with Crippen molar-refractivity contribution >= 4 is 27.1 Å². The molecule has 26 heavy (non-hydrogen) atoms. The number of nitrogens with zero attached hydrogens (tertiary/aromatic N) is 3. The molecule has 140 valence electrons. The van der Waals surface area contributed by atoms with E-state index in [1.165, 1.54) is 15.6 Å². The summed E-state index contributed by atoms with van der Waals surface area (Å²) in [4.78, 5) is 21.1. The highest BCUT2D eigenvalue weighted by Gasteiger charge is 2.36. The average Bonchev–Trinajstić information content (AvgIpc) is 2.94. The number of aromatic nitrogens is 2. The molecule has 0 saturated carbocycles. The number of sulfonamides is 1. The molecule has 1 saturated heterocycles. The number of ether oxygens (including phenoxy) is 1. The number of hydrogen-bond acceptors (Lipinski definition) is 7. The van der Waals surface area contributed by atoms with Crippen LogP contribution in [0.5, 0.6) is 5.75 Å². The molecule has 2 aromatic heterocycles. The Bertz CT molecular complexity index is 918. The van der Waals surface area contributed by atoms with Crippen molar-refractivity contribution in [2.24, 2.45) is 0 Å². The van der Waals surface area contributed by atoms with E-state index in [2.05, 4.69) is 9.97 Å². The monoisotopic (exact) mass is 395 g/mol. The number of ketones is 1. The zero-order valence-electron chi connectivity index (χ0n) is 14.9. The van der Waals surface area contributed by atoms with E-state index in [4.69, 9.17) is 4.74 Å². The summed E-state index contributed by atoms with van der Waals surface area (Å²) in [6.07, 6.45) is 0.00284. The van der Waals surface area contributed by atoms with Crippen molar-refractivity contribution in [2.75, 3.05) is 18.8 Å². The molecule has 0 radical (unpaired) electrons. The fourth-order valence-corrected chi connectivity index (χ4v) is 4.56. The van der Waals surface area contributed by atoms with Crippen molar-refractivity contribution in [3.63, 3.8) is 0 Å². The SMILES string of the molecule is CCS(=O)(=O)N1CC(Oc2cc(C)nc(C(=O)Cc3nc(C)cs3)c2)C1. The summed E-state index contributed by atoms with van der Waals surface area (Å²) in [5, 5.41) is 2.67. The lowest BCUT2D eigenvalue weighted by atomic mass is 10.1. The van der Waals surface area contributed by atoms with Crippen LogP contribution in [-0.2, 0) is 16.4 Å². The maximum absolute atomic E-state index is 12.5. The third-order valence-electron chi connectivity index (χ3n) is 4.07. The molecule has 2 aromatic rings. The van der Waals surface area contributed by atoms with Crippen molar-refractivity contribution < 1.29 is 17.9 Å². The van der Waals surface area contributed by atoms with E-state index in [1.807, 2.05) is 12.3 Å². The highest BCUT2D eigenvalue weighted by Crippen LogP contribution is 2.23. The van der Waals surface area contributed by atoms with Crippen LogP contribution in [0, 0.1) is 13.8 Å². The molecule has 0 aromatic carbocycles. The molecule has 1 fully saturated rings. The smallest absolute Gasteiger partial charge is 0.214 e. The number of thiazole rings is 1. The fraction of sp³-hybridized carbons (Fsp3) is 0.471. The largest absolute Gasteiger partial charge is 0.488 e. The Morgan fingerprint density at radius 3 is 2.62 bits per heavy atom. The van der Waals surface area contributed by atoms with Crippen molar-refractivity contribution in [3.05, 3.63) is 39.6 Å². The Kier molecular flexibility index (Phi) is 5.40. The topological polar surface area (TPSA) is 89.5 Å². The molecule has 0 bridgehead atoms. The van der Waals surface area contributed by atoms with Crippen LogP contribution < -0.4 is 4.74 Å². The first-order chi connectivity index (χ1) is 12.3. The van der Waals surface area contributed by atoms with Crippen LogP contribution >= 0.6 is 11.3 Å². The molecule has 9 heteroatoms. The van der Waals surface area contributed by atoms with Crippen LogP contribution in [0.1, 0.15) is 33.8 Å². The van der Waals surface area contributed by atoms with Gasteiger partial charge in [-0.15, -0.1) is 11.3 Å². The van der Waals surface area contributed by atoms with Gasteiger partial charge in [0.25, 0.3) is 0 Å². The molecular weight excluding hydrogens is 374 g/mol. The first-order valence-corrected chi connectivity index (χ1v) is 10.8. The highest BCUT2D eigenvalue weighted by molar-refractivity contribution is 7.89. The van der Waals surface area contributed by atoms with Gasteiger partial charge in [-0.05, 0) is 20.8 Å². The second-order valence-corrected chi connectivity index (χ2v) is 9.47. The zero-order valence-corrected chi connectivity index (χ0v) is 16.6. The maximum atomic E-state index is 12.5. The number of carbonyl (C=O) groups is 1. The summed E-state index contributed by atoms with van der Waals surface area (Å²) in [6, 6.07) is 3.37. The van der Waals surface area contributed by atoms with Crippen LogP contribution in [-0.4, -0.2) is 53.4 Å². The number of hydrogen-bond donors (Lipinski definition) is 0. The summed E-state index contributed by atoms with van der Waals surface area (Å²) in [5.41, 5.74) is 1.92. The van der Waals surface area contributed by atoms with Crippen molar-refractivity contribution in [2.45, 2.75) is 33.3 Å². The van der Waals surface area contributed by atoms with Gasteiger partial charge < -0.3 is 4.74 Å². The standard InChI is InChI=1S/C17H21N3O4S2/c1-4-26(22,23)20-8-14(9-20)24-13-5-11(2)18-15(6-13)16(21)7-17-19-12(3)10-25-17/h5-6,10,14H,4,7-9H2,1-3H3. The third kappa shape index (κ3) is 4.28. The van der Waals surface area contributed by atoms with Crippen molar-refractivity contribution in [3.8, 4) is 5.75 Å². The van der Waals surface area contributed by atoms with Gasteiger partial charge in [0.1, 0.15) is 22.6 Å². The minimum atomic E-state index is -3.17. The molecule has 7 nitrogen and oxygen atoms in total. The van der Waals surface area contributed by atoms with E-state index in [9.17, 15) is 13.2 Å². The molecule has 0 unspecified atom stereocenters. The number of carbonyl (C=O) groups excluding carboxylic acids is 1. The van der Waals surface area contributed by atoms with E-state index in [1.54, 1.807) is 26.0 Å². The molecular formula is C17H21N3O4S2. The lowest BCUT2D eigenvalue weighted by molar-refractivity contribution is 0.0759. The van der Waals surface area contributed by atoms with Crippen molar-refractivity contribution in [1.82, 2.24) is 14.3 Å². The summed E-state index contributed by atoms with van der Waals surface area (Å²) in [7, 11) is -3.17. The Morgan fingerprint density at radius 2 is 2.00 bits per heavy atom. The Morgan fingerprint density at radius 1 is 1.27 bits per heavy atom. The Hall–Kier alpha value is -1.84. The van der Waals surface area contributed by atoms with E-state index in [-0.39, 0.29) is 24.1 Å². The van der Waals surface area contributed by atoms with Crippen LogP contribution in [0.15, 0.2) is 17.5 Å². The highest BCUT2D eigenvalue weighted by atomic mass is 32.2. The van der Waals surface area contributed by atoms with Gasteiger partial charge in [0.05, 0.1) is 25.3 Å². The predicted octanol–water partition coefficient (Wildman–Crippen LogP) is 1.99. The van der Waals surface area contributed by atoms with Gasteiger partial charge in [-0.1, -0.05) is 0 Å². The van der Waals surface area contributed by atoms with Gasteiger partial charge in [-0.25, -0.2) is 18.4 Å². The summed E-state index contributed by atoms with van der Waals surface area (Å²) < 4.78 is 30.8. The number of pyridine rings is 1. The van der Waals surface area contributed by atoms with E-state index >= 15 is 0 Å². The molecule has 0 atom stereocenters. The molecule has 3 rings (SSSR count). The van der Waals surface area contributed by atoms with Crippen LogP contribution in [0.3, 0.4) is 0 Å². The van der Waals surface area contributed by atoms with Crippen LogP contribution in [0.4, 0.5) is 0 Å². The summed E-state index contributed by atoms with van der Waals surface area (Å²) in [5.74, 6) is 0.509. The second-order valence-electron chi connectivity index (χ2n) is 6.27. The minimum absolute atomic E-state index is 0.0863. The normalized spacial score (nSPS) is 15.7. The van der Waals surface area contributed by atoms with Gasteiger partial charge in [0.2, 0.25) is 10.0 Å². The second kappa shape index (κ2) is 7.42. The first kappa shape index (κ1) is 18.9. The molecule has 1 aliphatic rings. The van der Waals surface area contributed by atoms with Gasteiger partial charge in [-0.3, -0.25) is 4.79 Å². The van der Waals surface area contributed by atoms with E-state index < -0.39 is 10.0 Å². The fourth-order valence-electron chi connectivity index (χ4n) is 2.64. The molecule has 1 aliphatic heterocycles. The van der Waals surface area contributed by atoms with E-state index in [0.29, 0.717) is 30.2 Å². The van der Waals surface area contributed by atoms with Crippen molar-refractivity contribution in [1.29, 1.82) is 0 Å². The Balaban J connectivity index is 1.66. The van der Waals surface area contributed by atoms with E-state index in [0.717, 1.165) is 10.7 Å². The van der Waals surface area contributed by atoms with Gasteiger partial charge in [-0.2, -0.15) is 4.31 Å². The predicted molar refractivity (Wildman–Crippen MR) is 99.3 cm³/mol. The molecule has 0 amide bonds. The number of aryl methyl sites for hydroxylation is 2. The maximum Gasteiger partial charge on any atom is 0.214 e. The molecule has 0 spiro atoms. The Labute approximate surface area is 157 Å².